The minimum Gasteiger partial charge on any atom is -0.792 e. The zero-order valence-electron chi connectivity index (χ0n) is 5.69. The van der Waals surface area contributed by atoms with Gasteiger partial charge in [-0.05, 0) is 6.07 Å². The van der Waals surface area contributed by atoms with Crippen LogP contribution in [0.15, 0.2) is 29.4 Å². The minimum atomic E-state index is 0.465. The molecular weight excluding hydrogens is 140 g/mol. The molecule has 0 saturated heterocycles. The first-order valence-electron chi connectivity index (χ1n) is 3.03. The molecule has 0 unspecified atom stereocenters. The molecule has 0 fully saturated rings. The van der Waals surface area contributed by atoms with Crippen molar-refractivity contribution in [1.82, 2.24) is 0 Å². The van der Waals surface area contributed by atoms with Gasteiger partial charge in [0.05, 0.1) is 11.6 Å². The molecule has 0 amide bonds. The van der Waals surface area contributed by atoms with E-state index in [1.807, 2.05) is 6.07 Å². The van der Waals surface area contributed by atoms with E-state index in [0.29, 0.717) is 11.1 Å². The molecule has 54 valence electrons. The van der Waals surface area contributed by atoms with Crippen molar-refractivity contribution >= 4 is 6.21 Å². The lowest BCUT2D eigenvalue weighted by Crippen LogP contribution is -1.85. The second-order valence-corrected chi connectivity index (χ2v) is 1.93. The molecule has 0 atom stereocenters. The smallest absolute Gasteiger partial charge is 0.0998 e. The van der Waals surface area contributed by atoms with Gasteiger partial charge in [-0.3, -0.25) is 0 Å². The molecule has 1 aromatic rings. The summed E-state index contributed by atoms with van der Waals surface area (Å²) in [6.07, 6.45) is 1.12. The molecular formula is C8H5N2O-. The van der Waals surface area contributed by atoms with Crippen LogP contribution in [-0.2, 0) is 0 Å². The molecule has 1 aromatic carbocycles. The van der Waals surface area contributed by atoms with Crippen LogP contribution in [0.1, 0.15) is 11.1 Å². The first-order chi connectivity index (χ1) is 5.38. The van der Waals surface area contributed by atoms with E-state index in [9.17, 15) is 5.21 Å². The summed E-state index contributed by atoms with van der Waals surface area (Å²) in [5.74, 6) is 0. The van der Waals surface area contributed by atoms with Crippen molar-refractivity contribution in [2.45, 2.75) is 0 Å². The molecule has 3 nitrogen and oxygen atoms in total. The monoisotopic (exact) mass is 145 g/mol. The van der Waals surface area contributed by atoms with Gasteiger partial charge in [0.15, 0.2) is 0 Å². The van der Waals surface area contributed by atoms with E-state index in [4.69, 9.17) is 5.26 Å². The van der Waals surface area contributed by atoms with Crippen molar-refractivity contribution in [3.63, 3.8) is 0 Å². The van der Waals surface area contributed by atoms with E-state index >= 15 is 0 Å². The van der Waals surface area contributed by atoms with E-state index < -0.39 is 0 Å². The average Bonchev–Trinajstić information content (AvgIpc) is 2.06. The Morgan fingerprint density at radius 3 is 2.82 bits per heavy atom. The highest BCUT2D eigenvalue weighted by atomic mass is 16.4. The third-order valence-electron chi connectivity index (χ3n) is 1.27. The fourth-order valence-electron chi connectivity index (χ4n) is 0.768. The van der Waals surface area contributed by atoms with Gasteiger partial charge in [-0.2, -0.15) is 5.26 Å². The molecule has 0 bridgehead atoms. The van der Waals surface area contributed by atoms with Crippen LogP contribution in [0.25, 0.3) is 0 Å². The normalized spacial score (nSPS) is 9.73. The maximum Gasteiger partial charge on any atom is 0.0998 e. The fraction of sp³-hybridized carbons (Fsp3) is 0. The molecule has 1 rings (SSSR count). The second-order valence-electron chi connectivity index (χ2n) is 1.93. The van der Waals surface area contributed by atoms with E-state index in [0.717, 1.165) is 6.21 Å². The van der Waals surface area contributed by atoms with Crippen molar-refractivity contribution in [1.29, 1.82) is 5.26 Å². The number of hydrogen-bond acceptors (Lipinski definition) is 3. The number of nitriles is 1. The van der Waals surface area contributed by atoms with E-state index in [-0.39, 0.29) is 0 Å². The average molecular weight is 145 g/mol. The van der Waals surface area contributed by atoms with Crippen LogP contribution in [0.4, 0.5) is 0 Å². The SMILES string of the molecule is N#Cc1ccccc1/C=N/[O-]. The third-order valence-corrected chi connectivity index (χ3v) is 1.27. The maximum absolute atomic E-state index is 9.83. The Hall–Kier alpha value is -1.82. The van der Waals surface area contributed by atoms with Gasteiger partial charge in [0.2, 0.25) is 0 Å². The summed E-state index contributed by atoms with van der Waals surface area (Å²) in [5, 5.41) is 20.9. The number of hydrogen-bond donors (Lipinski definition) is 0. The molecule has 0 aliphatic rings. The first-order valence-corrected chi connectivity index (χ1v) is 3.03. The Morgan fingerprint density at radius 2 is 2.18 bits per heavy atom. The van der Waals surface area contributed by atoms with Gasteiger partial charge in [0.1, 0.15) is 0 Å². The number of rotatable bonds is 1. The van der Waals surface area contributed by atoms with Crippen molar-refractivity contribution in [3.8, 4) is 6.07 Å². The van der Waals surface area contributed by atoms with Crippen molar-refractivity contribution in [3.05, 3.63) is 40.6 Å². The molecule has 0 heterocycles. The Labute approximate surface area is 64.2 Å². The van der Waals surface area contributed by atoms with Crippen LogP contribution in [-0.4, -0.2) is 6.21 Å². The molecule has 0 saturated carbocycles. The highest BCUT2D eigenvalue weighted by Crippen LogP contribution is 2.03. The van der Waals surface area contributed by atoms with Crippen LogP contribution in [0, 0.1) is 16.5 Å². The molecule has 0 aliphatic heterocycles. The quantitative estimate of drug-likeness (QED) is 0.443. The van der Waals surface area contributed by atoms with Gasteiger partial charge >= 0.3 is 0 Å². The van der Waals surface area contributed by atoms with Crippen LogP contribution < -0.4 is 0 Å². The Bertz CT molecular complexity index is 312. The number of benzene rings is 1. The Kier molecular flexibility index (Phi) is 2.24. The lowest BCUT2D eigenvalue weighted by Gasteiger charge is -1.95. The minimum absolute atomic E-state index is 0.465. The summed E-state index contributed by atoms with van der Waals surface area (Å²) in [6, 6.07) is 8.74. The van der Waals surface area contributed by atoms with Gasteiger partial charge in [-0.1, -0.05) is 18.2 Å². The molecule has 3 heteroatoms. The summed E-state index contributed by atoms with van der Waals surface area (Å²) < 4.78 is 0. The van der Waals surface area contributed by atoms with Crippen LogP contribution >= 0.6 is 0 Å². The second kappa shape index (κ2) is 3.37. The fourth-order valence-corrected chi connectivity index (χ4v) is 0.768. The molecule has 0 aliphatic carbocycles. The summed E-state index contributed by atoms with van der Waals surface area (Å²) in [5.41, 5.74) is 1.03. The van der Waals surface area contributed by atoms with Gasteiger partial charge in [-0.15, -0.1) is 0 Å². The summed E-state index contributed by atoms with van der Waals surface area (Å²) >= 11 is 0. The highest BCUT2D eigenvalue weighted by molar-refractivity contribution is 5.83. The van der Waals surface area contributed by atoms with Gasteiger partial charge in [0, 0.05) is 11.8 Å². The predicted octanol–water partition coefficient (Wildman–Crippen LogP) is 1.47. The zero-order chi connectivity index (χ0) is 8.10. The molecule has 0 aromatic heterocycles. The predicted molar refractivity (Wildman–Crippen MR) is 42.1 cm³/mol. The van der Waals surface area contributed by atoms with E-state index in [2.05, 4.69) is 5.16 Å². The highest BCUT2D eigenvalue weighted by Gasteiger charge is 1.93. The summed E-state index contributed by atoms with van der Waals surface area (Å²) in [6.45, 7) is 0. The standard InChI is InChI=1S/C8H6N2O/c9-5-7-3-1-2-4-8(7)6-10-11/h1-4,6,11H/p-1/b10-6+. The topological polar surface area (TPSA) is 59.2 Å². The molecule has 0 radical (unpaired) electrons. The van der Waals surface area contributed by atoms with Crippen molar-refractivity contribution < 1.29 is 0 Å². The molecule has 0 N–H and O–H groups in total. The zero-order valence-corrected chi connectivity index (χ0v) is 5.69. The Balaban J connectivity index is 3.15. The lowest BCUT2D eigenvalue weighted by molar-refractivity contribution is 1.47. The van der Waals surface area contributed by atoms with Gasteiger partial charge in [-0.25, -0.2) is 0 Å². The van der Waals surface area contributed by atoms with Gasteiger partial charge < -0.3 is 10.4 Å². The maximum atomic E-state index is 9.83. The van der Waals surface area contributed by atoms with Gasteiger partial charge in [0.25, 0.3) is 0 Å². The van der Waals surface area contributed by atoms with Crippen LogP contribution in [0.3, 0.4) is 0 Å². The molecule has 0 spiro atoms. The van der Waals surface area contributed by atoms with Crippen molar-refractivity contribution in [2.24, 2.45) is 5.16 Å². The lowest BCUT2D eigenvalue weighted by atomic mass is 10.1. The Morgan fingerprint density at radius 1 is 1.45 bits per heavy atom. The summed E-state index contributed by atoms with van der Waals surface area (Å²) in [7, 11) is 0. The largest absolute Gasteiger partial charge is 0.792 e. The molecule has 11 heavy (non-hydrogen) atoms. The van der Waals surface area contributed by atoms with Crippen molar-refractivity contribution in [2.75, 3.05) is 0 Å². The third kappa shape index (κ3) is 1.55. The van der Waals surface area contributed by atoms with Crippen LogP contribution in [0.5, 0.6) is 0 Å². The first kappa shape index (κ1) is 7.29. The van der Waals surface area contributed by atoms with E-state index in [1.165, 1.54) is 0 Å². The van der Waals surface area contributed by atoms with E-state index in [1.54, 1.807) is 24.3 Å². The van der Waals surface area contributed by atoms with Crippen LogP contribution in [0.2, 0.25) is 0 Å². The summed E-state index contributed by atoms with van der Waals surface area (Å²) in [4.78, 5) is 0. The number of nitrogens with zero attached hydrogens (tertiary/aromatic N) is 2.